The number of methoxy groups -OCH3 is 2. The van der Waals surface area contributed by atoms with Gasteiger partial charge in [-0.3, -0.25) is 0 Å². The lowest BCUT2D eigenvalue weighted by Crippen LogP contribution is -2.12. The Labute approximate surface area is 96.9 Å². The Morgan fingerprint density at radius 1 is 1.31 bits per heavy atom. The van der Waals surface area contributed by atoms with Crippen molar-refractivity contribution < 1.29 is 9.47 Å². The van der Waals surface area contributed by atoms with Crippen molar-refractivity contribution in [2.75, 3.05) is 14.2 Å². The Hall–Kier alpha value is -1.48. The molecule has 0 bridgehead atoms. The molecule has 2 N–H and O–H groups in total. The molecule has 0 heterocycles. The van der Waals surface area contributed by atoms with Crippen molar-refractivity contribution in [3.8, 4) is 11.5 Å². The normalized spacial score (nSPS) is 11.9. The molecule has 0 aliphatic carbocycles. The zero-order chi connectivity index (χ0) is 12.0. The van der Waals surface area contributed by atoms with Gasteiger partial charge in [-0.2, -0.15) is 0 Å². The first-order chi connectivity index (χ1) is 7.74. The van der Waals surface area contributed by atoms with Crippen LogP contribution in [0.15, 0.2) is 30.9 Å². The van der Waals surface area contributed by atoms with E-state index in [4.69, 9.17) is 15.2 Å². The molecule has 1 rings (SSSR count). The van der Waals surface area contributed by atoms with Crippen LogP contribution in [0.4, 0.5) is 0 Å². The number of hydrogen-bond donors (Lipinski definition) is 1. The van der Waals surface area contributed by atoms with E-state index in [-0.39, 0.29) is 6.04 Å². The molecule has 0 unspecified atom stereocenters. The topological polar surface area (TPSA) is 44.5 Å². The molecule has 0 saturated carbocycles. The SMILES string of the molecule is C=CCC[C@H](N)c1c(OC)cccc1OC. The minimum absolute atomic E-state index is 0.0934. The van der Waals surface area contributed by atoms with E-state index in [0.717, 1.165) is 29.9 Å². The van der Waals surface area contributed by atoms with Crippen LogP contribution in [0.5, 0.6) is 11.5 Å². The third-order valence-corrected chi connectivity index (χ3v) is 2.52. The van der Waals surface area contributed by atoms with Gasteiger partial charge in [-0.25, -0.2) is 0 Å². The second-order valence-corrected chi connectivity index (χ2v) is 3.55. The van der Waals surface area contributed by atoms with Crippen LogP contribution < -0.4 is 15.2 Å². The van der Waals surface area contributed by atoms with Crippen molar-refractivity contribution in [3.63, 3.8) is 0 Å². The van der Waals surface area contributed by atoms with Gasteiger partial charge in [0.1, 0.15) is 11.5 Å². The quantitative estimate of drug-likeness (QED) is 0.751. The van der Waals surface area contributed by atoms with Crippen molar-refractivity contribution >= 4 is 0 Å². The third-order valence-electron chi connectivity index (χ3n) is 2.52. The first kappa shape index (κ1) is 12.6. The molecular weight excluding hydrogens is 202 g/mol. The zero-order valence-electron chi connectivity index (χ0n) is 9.90. The van der Waals surface area contributed by atoms with Gasteiger partial charge < -0.3 is 15.2 Å². The molecule has 3 heteroatoms. The van der Waals surface area contributed by atoms with E-state index in [2.05, 4.69) is 6.58 Å². The highest BCUT2D eigenvalue weighted by Crippen LogP contribution is 2.34. The summed E-state index contributed by atoms with van der Waals surface area (Å²) < 4.78 is 10.6. The summed E-state index contributed by atoms with van der Waals surface area (Å²) in [5.74, 6) is 1.55. The Kier molecular flexibility index (Phi) is 4.86. The number of ether oxygens (including phenoxy) is 2. The van der Waals surface area contributed by atoms with Crippen molar-refractivity contribution in [2.45, 2.75) is 18.9 Å². The summed E-state index contributed by atoms with van der Waals surface area (Å²) in [6.45, 7) is 3.69. The van der Waals surface area contributed by atoms with Gasteiger partial charge in [-0.1, -0.05) is 12.1 Å². The maximum Gasteiger partial charge on any atom is 0.127 e. The van der Waals surface area contributed by atoms with Crippen LogP contribution in [0.3, 0.4) is 0 Å². The standard InChI is InChI=1S/C13H19NO2/c1-4-5-7-10(14)13-11(15-2)8-6-9-12(13)16-3/h4,6,8-10H,1,5,7,14H2,2-3H3/t10-/m0/s1. The van der Waals surface area contributed by atoms with Gasteiger partial charge >= 0.3 is 0 Å². The monoisotopic (exact) mass is 221 g/mol. The Morgan fingerprint density at radius 3 is 2.31 bits per heavy atom. The highest BCUT2D eigenvalue weighted by Gasteiger charge is 2.16. The summed E-state index contributed by atoms with van der Waals surface area (Å²) in [4.78, 5) is 0. The lowest BCUT2D eigenvalue weighted by Gasteiger charge is -2.18. The predicted molar refractivity (Wildman–Crippen MR) is 65.9 cm³/mol. The van der Waals surface area contributed by atoms with Crippen LogP contribution in [-0.4, -0.2) is 14.2 Å². The van der Waals surface area contributed by atoms with Crippen molar-refractivity contribution in [1.82, 2.24) is 0 Å². The Morgan fingerprint density at radius 2 is 1.88 bits per heavy atom. The highest BCUT2D eigenvalue weighted by molar-refractivity contribution is 5.46. The molecule has 0 amide bonds. The van der Waals surface area contributed by atoms with E-state index in [1.807, 2.05) is 24.3 Å². The third kappa shape index (κ3) is 2.76. The Balaban J connectivity index is 3.02. The average Bonchev–Trinajstić information content (AvgIpc) is 2.34. The van der Waals surface area contributed by atoms with E-state index >= 15 is 0 Å². The van der Waals surface area contributed by atoms with Crippen LogP contribution in [0.1, 0.15) is 24.4 Å². The molecule has 1 atom stereocenters. The number of allylic oxidation sites excluding steroid dienone is 1. The van der Waals surface area contributed by atoms with Gasteiger partial charge in [0.25, 0.3) is 0 Å². The molecule has 16 heavy (non-hydrogen) atoms. The highest BCUT2D eigenvalue weighted by atomic mass is 16.5. The summed E-state index contributed by atoms with van der Waals surface area (Å²) in [7, 11) is 3.27. The lowest BCUT2D eigenvalue weighted by atomic mass is 10.0. The molecule has 0 aliphatic heterocycles. The number of hydrogen-bond acceptors (Lipinski definition) is 3. The van der Waals surface area contributed by atoms with E-state index in [1.54, 1.807) is 14.2 Å². The van der Waals surface area contributed by atoms with E-state index in [1.165, 1.54) is 0 Å². The minimum Gasteiger partial charge on any atom is -0.496 e. The molecule has 1 aromatic rings. The number of nitrogens with two attached hydrogens (primary N) is 1. The smallest absolute Gasteiger partial charge is 0.127 e. The molecule has 3 nitrogen and oxygen atoms in total. The fourth-order valence-corrected chi connectivity index (χ4v) is 1.69. The van der Waals surface area contributed by atoms with E-state index in [0.29, 0.717) is 0 Å². The van der Waals surface area contributed by atoms with Gasteiger partial charge in [-0.15, -0.1) is 6.58 Å². The zero-order valence-corrected chi connectivity index (χ0v) is 9.90. The molecule has 0 radical (unpaired) electrons. The van der Waals surface area contributed by atoms with Crippen LogP contribution in [0, 0.1) is 0 Å². The fraction of sp³-hybridized carbons (Fsp3) is 0.385. The maximum absolute atomic E-state index is 6.13. The van der Waals surface area contributed by atoms with Gasteiger partial charge in [0.2, 0.25) is 0 Å². The summed E-state index contributed by atoms with van der Waals surface area (Å²) in [6, 6.07) is 5.59. The summed E-state index contributed by atoms with van der Waals surface area (Å²) >= 11 is 0. The molecule has 0 aromatic heterocycles. The summed E-state index contributed by atoms with van der Waals surface area (Å²) in [5, 5.41) is 0. The first-order valence-electron chi connectivity index (χ1n) is 5.32. The molecule has 0 saturated heterocycles. The fourth-order valence-electron chi connectivity index (χ4n) is 1.69. The largest absolute Gasteiger partial charge is 0.496 e. The van der Waals surface area contributed by atoms with Gasteiger partial charge in [0, 0.05) is 6.04 Å². The van der Waals surface area contributed by atoms with Crippen molar-refractivity contribution in [1.29, 1.82) is 0 Å². The van der Waals surface area contributed by atoms with Gasteiger partial charge in [0.15, 0.2) is 0 Å². The van der Waals surface area contributed by atoms with Crippen LogP contribution in [-0.2, 0) is 0 Å². The Bertz CT molecular complexity index is 328. The number of rotatable bonds is 6. The van der Waals surface area contributed by atoms with Crippen LogP contribution in [0.25, 0.3) is 0 Å². The van der Waals surface area contributed by atoms with Gasteiger partial charge in [-0.05, 0) is 25.0 Å². The summed E-state index contributed by atoms with van der Waals surface area (Å²) in [5.41, 5.74) is 7.05. The van der Waals surface area contributed by atoms with E-state index in [9.17, 15) is 0 Å². The van der Waals surface area contributed by atoms with Crippen LogP contribution >= 0.6 is 0 Å². The molecule has 0 spiro atoms. The first-order valence-corrected chi connectivity index (χ1v) is 5.32. The predicted octanol–water partition coefficient (Wildman–Crippen LogP) is 2.67. The molecule has 0 aliphatic rings. The lowest BCUT2D eigenvalue weighted by molar-refractivity contribution is 0.377. The molecule has 88 valence electrons. The van der Waals surface area contributed by atoms with E-state index < -0.39 is 0 Å². The summed E-state index contributed by atoms with van der Waals surface area (Å²) in [6.07, 6.45) is 3.57. The second kappa shape index (κ2) is 6.18. The number of benzene rings is 1. The molecular formula is C13H19NO2. The molecule has 1 aromatic carbocycles. The second-order valence-electron chi connectivity index (χ2n) is 3.55. The van der Waals surface area contributed by atoms with Crippen molar-refractivity contribution in [3.05, 3.63) is 36.4 Å². The van der Waals surface area contributed by atoms with Gasteiger partial charge in [0.05, 0.1) is 19.8 Å². The minimum atomic E-state index is -0.0934. The van der Waals surface area contributed by atoms with Crippen LogP contribution in [0.2, 0.25) is 0 Å². The maximum atomic E-state index is 6.13. The molecule has 0 fully saturated rings. The van der Waals surface area contributed by atoms with Crippen molar-refractivity contribution in [2.24, 2.45) is 5.73 Å². The average molecular weight is 221 g/mol.